The van der Waals surface area contributed by atoms with Gasteiger partial charge in [0.15, 0.2) is 0 Å². The van der Waals surface area contributed by atoms with E-state index in [9.17, 15) is 4.79 Å². The van der Waals surface area contributed by atoms with Crippen LogP contribution in [0.25, 0.3) is 11.3 Å². The Morgan fingerprint density at radius 2 is 2.10 bits per heavy atom. The molecular formula is C15H15N5O. The molecule has 3 aromatic rings. The van der Waals surface area contributed by atoms with E-state index < -0.39 is 0 Å². The first-order valence-electron chi connectivity index (χ1n) is 6.58. The summed E-state index contributed by atoms with van der Waals surface area (Å²) in [6.45, 7) is 0.422. The maximum absolute atomic E-state index is 12.6. The van der Waals surface area contributed by atoms with Gasteiger partial charge in [-0.05, 0) is 0 Å². The summed E-state index contributed by atoms with van der Waals surface area (Å²) in [6.07, 6.45) is 4.96. The maximum atomic E-state index is 12.6. The minimum absolute atomic E-state index is 0.0981. The summed E-state index contributed by atoms with van der Waals surface area (Å²) in [5, 5.41) is 6.90. The number of carbonyl (C=O) groups excluding carboxylic acids is 1. The van der Waals surface area contributed by atoms with Gasteiger partial charge < -0.3 is 9.88 Å². The number of nitrogens with zero attached hydrogens (tertiary/aromatic N) is 3. The quantitative estimate of drug-likeness (QED) is 0.768. The summed E-state index contributed by atoms with van der Waals surface area (Å²) in [7, 11) is 1.74. The zero-order valence-electron chi connectivity index (χ0n) is 11.6. The topological polar surface area (TPSA) is 77.7 Å². The molecule has 2 N–H and O–H groups in total. The molecule has 0 unspecified atom stereocenters. The molecule has 1 amide bonds. The normalized spacial score (nSPS) is 10.5. The standard InChI is InChI=1S/C15H15N5O/c1-20(10-13-16-7-8-17-13)15(21)12-9-18-19-14(12)11-5-3-2-4-6-11/h2-9H,10H2,1H3,(H,16,17)(H,18,19). The average Bonchev–Trinajstić information content (AvgIpc) is 3.18. The van der Waals surface area contributed by atoms with E-state index in [2.05, 4.69) is 20.2 Å². The monoisotopic (exact) mass is 281 g/mol. The van der Waals surface area contributed by atoms with Crippen LogP contribution in [0.2, 0.25) is 0 Å². The Labute approximate surface area is 121 Å². The molecule has 0 saturated carbocycles. The molecule has 0 spiro atoms. The van der Waals surface area contributed by atoms with Crippen molar-refractivity contribution in [3.63, 3.8) is 0 Å². The first kappa shape index (κ1) is 13.1. The predicted octanol–water partition coefficient (Wildman–Crippen LogP) is 2.07. The second-order valence-corrected chi connectivity index (χ2v) is 4.72. The number of amides is 1. The van der Waals surface area contributed by atoms with Gasteiger partial charge in [-0.2, -0.15) is 5.10 Å². The second kappa shape index (κ2) is 5.62. The highest BCUT2D eigenvalue weighted by Gasteiger charge is 2.19. The van der Waals surface area contributed by atoms with Crippen LogP contribution < -0.4 is 0 Å². The number of H-pyrrole nitrogens is 2. The lowest BCUT2D eigenvalue weighted by atomic mass is 10.1. The number of hydrogen-bond acceptors (Lipinski definition) is 3. The van der Waals surface area contributed by atoms with Gasteiger partial charge in [0.2, 0.25) is 0 Å². The number of nitrogens with one attached hydrogen (secondary N) is 2. The Kier molecular flexibility index (Phi) is 3.51. The minimum atomic E-state index is -0.0981. The van der Waals surface area contributed by atoms with Crippen LogP contribution in [-0.2, 0) is 6.54 Å². The van der Waals surface area contributed by atoms with E-state index in [1.165, 1.54) is 0 Å². The van der Waals surface area contributed by atoms with Crippen molar-refractivity contribution >= 4 is 5.91 Å². The molecule has 106 valence electrons. The molecule has 1 aromatic carbocycles. The number of aromatic amines is 2. The van der Waals surface area contributed by atoms with Gasteiger partial charge in [0.1, 0.15) is 5.82 Å². The van der Waals surface area contributed by atoms with Crippen LogP contribution in [0.3, 0.4) is 0 Å². The molecule has 0 saturated heterocycles. The van der Waals surface area contributed by atoms with Crippen molar-refractivity contribution in [1.29, 1.82) is 0 Å². The lowest BCUT2D eigenvalue weighted by molar-refractivity contribution is 0.0782. The fraction of sp³-hybridized carbons (Fsp3) is 0.133. The lowest BCUT2D eigenvalue weighted by Crippen LogP contribution is -2.26. The Bertz CT molecular complexity index is 718. The minimum Gasteiger partial charge on any atom is -0.347 e. The number of hydrogen-bond donors (Lipinski definition) is 2. The van der Waals surface area contributed by atoms with Gasteiger partial charge in [0.25, 0.3) is 5.91 Å². The van der Waals surface area contributed by atoms with E-state index in [4.69, 9.17) is 0 Å². The number of benzene rings is 1. The fourth-order valence-electron chi connectivity index (χ4n) is 2.16. The molecule has 0 fully saturated rings. The van der Waals surface area contributed by atoms with E-state index in [0.717, 1.165) is 17.1 Å². The average molecular weight is 281 g/mol. The summed E-state index contributed by atoms with van der Waals surface area (Å²) >= 11 is 0. The van der Waals surface area contributed by atoms with Crippen LogP contribution in [0.15, 0.2) is 48.9 Å². The molecule has 0 atom stereocenters. The van der Waals surface area contributed by atoms with Gasteiger partial charge in [0.05, 0.1) is 24.0 Å². The van der Waals surface area contributed by atoms with Gasteiger partial charge in [-0.15, -0.1) is 0 Å². The van der Waals surface area contributed by atoms with E-state index in [-0.39, 0.29) is 5.91 Å². The van der Waals surface area contributed by atoms with Crippen LogP contribution >= 0.6 is 0 Å². The van der Waals surface area contributed by atoms with E-state index in [0.29, 0.717) is 12.1 Å². The fourth-order valence-corrected chi connectivity index (χ4v) is 2.16. The smallest absolute Gasteiger partial charge is 0.257 e. The molecule has 3 rings (SSSR count). The third-order valence-corrected chi connectivity index (χ3v) is 3.22. The van der Waals surface area contributed by atoms with Crippen LogP contribution in [-0.4, -0.2) is 38.0 Å². The second-order valence-electron chi connectivity index (χ2n) is 4.72. The Morgan fingerprint density at radius 1 is 1.29 bits per heavy atom. The summed E-state index contributed by atoms with van der Waals surface area (Å²) in [5.41, 5.74) is 2.21. The molecule has 0 aliphatic carbocycles. The van der Waals surface area contributed by atoms with Crippen molar-refractivity contribution in [2.75, 3.05) is 7.05 Å². The Balaban J connectivity index is 1.84. The van der Waals surface area contributed by atoms with Crippen molar-refractivity contribution in [3.8, 4) is 11.3 Å². The molecular weight excluding hydrogens is 266 g/mol. The van der Waals surface area contributed by atoms with Gasteiger partial charge in [-0.25, -0.2) is 4.98 Å². The van der Waals surface area contributed by atoms with E-state index >= 15 is 0 Å². The maximum Gasteiger partial charge on any atom is 0.257 e. The summed E-state index contributed by atoms with van der Waals surface area (Å²) in [5.74, 6) is 0.648. The SMILES string of the molecule is CN(Cc1ncc[nH]1)C(=O)c1cn[nH]c1-c1ccccc1. The molecule has 2 aromatic heterocycles. The highest BCUT2D eigenvalue weighted by atomic mass is 16.2. The molecule has 0 aliphatic heterocycles. The molecule has 0 radical (unpaired) electrons. The molecule has 21 heavy (non-hydrogen) atoms. The van der Waals surface area contributed by atoms with Crippen molar-refractivity contribution < 1.29 is 4.79 Å². The molecule has 6 nitrogen and oxygen atoms in total. The van der Waals surface area contributed by atoms with Gasteiger partial charge in [-0.3, -0.25) is 9.89 Å². The zero-order valence-corrected chi connectivity index (χ0v) is 11.6. The molecule has 0 aliphatic rings. The molecule has 0 bridgehead atoms. The summed E-state index contributed by atoms with van der Waals surface area (Å²) < 4.78 is 0. The predicted molar refractivity (Wildman–Crippen MR) is 78.4 cm³/mol. The molecule has 2 heterocycles. The highest BCUT2D eigenvalue weighted by Crippen LogP contribution is 2.21. The van der Waals surface area contributed by atoms with Crippen LogP contribution in [0.4, 0.5) is 0 Å². The van der Waals surface area contributed by atoms with E-state index in [1.54, 1.807) is 30.5 Å². The first-order valence-corrected chi connectivity index (χ1v) is 6.58. The van der Waals surface area contributed by atoms with Crippen molar-refractivity contribution in [1.82, 2.24) is 25.1 Å². The summed E-state index contributed by atoms with van der Waals surface area (Å²) in [4.78, 5) is 21.3. The van der Waals surface area contributed by atoms with Crippen LogP contribution in [0.1, 0.15) is 16.2 Å². The lowest BCUT2D eigenvalue weighted by Gasteiger charge is -2.15. The third-order valence-electron chi connectivity index (χ3n) is 3.22. The summed E-state index contributed by atoms with van der Waals surface area (Å²) in [6, 6.07) is 9.67. The van der Waals surface area contributed by atoms with Crippen LogP contribution in [0.5, 0.6) is 0 Å². The Morgan fingerprint density at radius 3 is 2.81 bits per heavy atom. The third kappa shape index (κ3) is 2.69. The van der Waals surface area contributed by atoms with Gasteiger partial charge in [0, 0.05) is 25.0 Å². The van der Waals surface area contributed by atoms with Crippen molar-refractivity contribution in [3.05, 3.63) is 60.3 Å². The highest BCUT2D eigenvalue weighted by molar-refractivity contribution is 5.99. The molecule has 6 heteroatoms. The number of rotatable bonds is 4. The largest absolute Gasteiger partial charge is 0.347 e. The number of imidazole rings is 1. The Hall–Kier alpha value is -2.89. The number of carbonyl (C=O) groups is 1. The van der Waals surface area contributed by atoms with Gasteiger partial charge >= 0.3 is 0 Å². The first-order chi connectivity index (χ1) is 10.3. The number of aromatic nitrogens is 4. The van der Waals surface area contributed by atoms with E-state index in [1.807, 2.05) is 30.3 Å². The van der Waals surface area contributed by atoms with Crippen molar-refractivity contribution in [2.45, 2.75) is 6.54 Å². The zero-order chi connectivity index (χ0) is 14.7. The van der Waals surface area contributed by atoms with Gasteiger partial charge in [-0.1, -0.05) is 30.3 Å². The van der Waals surface area contributed by atoms with Crippen molar-refractivity contribution in [2.24, 2.45) is 0 Å². The van der Waals surface area contributed by atoms with Crippen LogP contribution in [0, 0.1) is 0 Å².